The van der Waals surface area contributed by atoms with E-state index < -0.39 is 24.1 Å². The molecule has 0 radical (unpaired) electrons. The molecule has 0 aromatic heterocycles. The molecule has 0 fully saturated rings. The molecule has 2 atom stereocenters. The molecule has 0 bridgehead atoms. The fourth-order valence-corrected chi connectivity index (χ4v) is 1.45. The van der Waals surface area contributed by atoms with Crippen molar-refractivity contribution >= 4 is 17.6 Å². The summed E-state index contributed by atoms with van der Waals surface area (Å²) in [5.41, 5.74) is 5.09. The third-order valence-corrected chi connectivity index (χ3v) is 2.43. The predicted octanol–water partition coefficient (Wildman–Crippen LogP) is -0.466. The number of para-hydroxylation sites is 1. The van der Waals surface area contributed by atoms with Crippen LogP contribution in [0.3, 0.4) is 0 Å². The van der Waals surface area contributed by atoms with Crippen LogP contribution in [0.1, 0.15) is 22.0 Å². The predicted molar refractivity (Wildman–Crippen MR) is 60.8 cm³/mol. The average Bonchev–Trinajstić information content (AvgIpc) is 2.36. The largest absolute Gasteiger partial charge is 0.478 e. The highest BCUT2D eigenvalue weighted by molar-refractivity contribution is 5.94. The van der Waals surface area contributed by atoms with Crippen LogP contribution >= 0.6 is 0 Å². The topological polar surface area (TPSA) is 130 Å². The molecule has 0 aliphatic rings. The molecule has 0 spiro atoms. The molecule has 0 aliphatic heterocycles. The Balaban J connectivity index is 3.14. The van der Waals surface area contributed by atoms with Gasteiger partial charge in [0.05, 0.1) is 18.4 Å². The third kappa shape index (κ3) is 2.58. The van der Waals surface area contributed by atoms with Gasteiger partial charge in [0.2, 0.25) is 0 Å². The van der Waals surface area contributed by atoms with Gasteiger partial charge in [-0.2, -0.15) is 0 Å². The lowest BCUT2D eigenvalue weighted by Gasteiger charge is -2.18. The van der Waals surface area contributed by atoms with Gasteiger partial charge in [0.25, 0.3) is 0 Å². The van der Waals surface area contributed by atoms with E-state index in [1.165, 1.54) is 18.2 Å². The van der Waals surface area contributed by atoms with Gasteiger partial charge < -0.3 is 25.8 Å². The molecule has 1 rings (SSSR count). The van der Waals surface area contributed by atoms with Gasteiger partial charge in [0, 0.05) is 5.56 Å². The zero-order valence-corrected chi connectivity index (χ0v) is 9.53. The second-order valence-electron chi connectivity index (χ2n) is 3.53. The van der Waals surface area contributed by atoms with Crippen molar-refractivity contribution < 1.29 is 29.6 Å². The number of aromatic carboxylic acids is 1. The van der Waals surface area contributed by atoms with Gasteiger partial charge in [0.15, 0.2) is 6.10 Å². The minimum absolute atomic E-state index is 0.0483. The maximum atomic E-state index is 11.1. The highest BCUT2D eigenvalue weighted by Crippen LogP contribution is 2.26. The minimum atomic E-state index is -1.83. The van der Waals surface area contributed by atoms with Crippen LogP contribution in [0, 0.1) is 0 Å². The van der Waals surface area contributed by atoms with Crippen molar-refractivity contribution in [2.45, 2.75) is 12.2 Å². The SMILES string of the molecule is COC(=O)C(O)C(O)c1cccc(C(=O)O)c1N. The summed E-state index contributed by atoms with van der Waals surface area (Å²) in [6.07, 6.45) is -3.49. The summed E-state index contributed by atoms with van der Waals surface area (Å²) in [7, 11) is 1.05. The molecule has 0 heterocycles. The van der Waals surface area contributed by atoms with Gasteiger partial charge in [0.1, 0.15) is 6.10 Å². The fourth-order valence-electron chi connectivity index (χ4n) is 1.45. The molecule has 18 heavy (non-hydrogen) atoms. The van der Waals surface area contributed by atoms with E-state index in [-0.39, 0.29) is 16.8 Å². The van der Waals surface area contributed by atoms with Crippen molar-refractivity contribution in [2.75, 3.05) is 12.8 Å². The van der Waals surface area contributed by atoms with E-state index in [0.717, 1.165) is 7.11 Å². The molecular formula is C11H13NO6. The molecule has 5 N–H and O–H groups in total. The van der Waals surface area contributed by atoms with Gasteiger partial charge in [-0.05, 0) is 6.07 Å². The fraction of sp³-hybridized carbons (Fsp3) is 0.273. The van der Waals surface area contributed by atoms with E-state index in [4.69, 9.17) is 10.8 Å². The van der Waals surface area contributed by atoms with Gasteiger partial charge in [-0.25, -0.2) is 9.59 Å². The number of hydrogen-bond acceptors (Lipinski definition) is 6. The lowest BCUT2D eigenvalue weighted by molar-refractivity contribution is -0.156. The van der Waals surface area contributed by atoms with Crippen molar-refractivity contribution in [1.29, 1.82) is 0 Å². The molecule has 7 nitrogen and oxygen atoms in total. The second-order valence-corrected chi connectivity index (χ2v) is 3.53. The average molecular weight is 255 g/mol. The number of carboxylic acids is 1. The molecule has 2 unspecified atom stereocenters. The maximum Gasteiger partial charge on any atom is 0.337 e. The van der Waals surface area contributed by atoms with E-state index >= 15 is 0 Å². The first kappa shape index (κ1) is 13.9. The number of ether oxygens (including phenoxy) is 1. The van der Waals surface area contributed by atoms with E-state index in [1.54, 1.807) is 0 Å². The van der Waals surface area contributed by atoms with Crippen LogP contribution in [-0.4, -0.2) is 40.5 Å². The van der Waals surface area contributed by atoms with Crippen LogP contribution in [0.15, 0.2) is 18.2 Å². The summed E-state index contributed by atoms with van der Waals surface area (Å²) in [6, 6.07) is 3.92. The van der Waals surface area contributed by atoms with E-state index in [2.05, 4.69) is 4.74 Å². The molecule has 0 saturated heterocycles. The van der Waals surface area contributed by atoms with Crippen molar-refractivity contribution in [2.24, 2.45) is 0 Å². The van der Waals surface area contributed by atoms with E-state index in [1.807, 2.05) is 0 Å². The molecule has 7 heteroatoms. The normalized spacial score (nSPS) is 13.7. The number of hydrogen-bond donors (Lipinski definition) is 4. The van der Waals surface area contributed by atoms with Crippen molar-refractivity contribution in [1.82, 2.24) is 0 Å². The summed E-state index contributed by atoms with van der Waals surface area (Å²) in [6.45, 7) is 0. The van der Waals surface area contributed by atoms with Crippen molar-refractivity contribution in [3.05, 3.63) is 29.3 Å². The molecule has 0 saturated carbocycles. The Morgan fingerprint density at radius 2 is 1.94 bits per heavy atom. The number of rotatable bonds is 4. The first-order valence-electron chi connectivity index (χ1n) is 4.95. The summed E-state index contributed by atoms with van der Waals surface area (Å²) in [5.74, 6) is -2.31. The number of nitrogen functional groups attached to an aromatic ring is 1. The van der Waals surface area contributed by atoms with Crippen LogP contribution in [0.5, 0.6) is 0 Å². The maximum absolute atomic E-state index is 11.1. The van der Waals surface area contributed by atoms with Gasteiger partial charge in [-0.1, -0.05) is 12.1 Å². The second kappa shape index (κ2) is 5.48. The summed E-state index contributed by atoms with van der Waals surface area (Å²) < 4.78 is 4.27. The lowest BCUT2D eigenvalue weighted by atomic mass is 9.99. The summed E-state index contributed by atoms with van der Waals surface area (Å²) in [5, 5.41) is 28.1. The first-order valence-corrected chi connectivity index (χ1v) is 4.95. The van der Waals surface area contributed by atoms with Crippen LogP contribution in [0.25, 0.3) is 0 Å². The molecule has 1 aromatic carbocycles. The number of esters is 1. The Morgan fingerprint density at radius 3 is 2.44 bits per heavy atom. The van der Waals surface area contributed by atoms with E-state index in [0.29, 0.717) is 0 Å². The van der Waals surface area contributed by atoms with Gasteiger partial charge in [-0.3, -0.25) is 0 Å². The Morgan fingerprint density at radius 1 is 1.33 bits per heavy atom. The van der Waals surface area contributed by atoms with Crippen LogP contribution in [0.4, 0.5) is 5.69 Å². The van der Waals surface area contributed by atoms with Crippen molar-refractivity contribution in [3.8, 4) is 0 Å². The Labute approximate surface area is 102 Å². The number of anilines is 1. The number of carbonyl (C=O) groups excluding carboxylic acids is 1. The Hall–Kier alpha value is -2.12. The van der Waals surface area contributed by atoms with Gasteiger partial charge in [-0.15, -0.1) is 0 Å². The highest BCUT2D eigenvalue weighted by atomic mass is 16.5. The van der Waals surface area contributed by atoms with Crippen LogP contribution in [0.2, 0.25) is 0 Å². The number of aliphatic hydroxyl groups is 2. The van der Waals surface area contributed by atoms with Crippen LogP contribution in [-0.2, 0) is 9.53 Å². The zero-order valence-electron chi connectivity index (χ0n) is 9.53. The molecule has 0 amide bonds. The molecule has 1 aromatic rings. The smallest absolute Gasteiger partial charge is 0.337 e. The Bertz CT molecular complexity index is 473. The number of carbonyl (C=O) groups is 2. The van der Waals surface area contributed by atoms with Crippen LogP contribution < -0.4 is 5.73 Å². The molecule has 0 aliphatic carbocycles. The number of aliphatic hydroxyl groups excluding tert-OH is 2. The number of carboxylic acid groups (broad SMARTS) is 1. The standard InChI is InChI=1S/C11H13NO6/c1-18-11(17)9(14)8(13)5-3-2-4-6(7(5)12)10(15)16/h2-4,8-9,13-14H,12H2,1H3,(H,15,16). The van der Waals surface area contributed by atoms with Crippen molar-refractivity contribution in [3.63, 3.8) is 0 Å². The Kier molecular flexibility index (Phi) is 4.24. The summed E-state index contributed by atoms with van der Waals surface area (Å²) >= 11 is 0. The monoisotopic (exact) mass is 255 g/mol. The first-order chi connectivity index (χ1) is 8.40. The highest BCUT2D eigenvalue weighted by Gasteiger charge is 2.29. The number of methoxy groups -OCH3 is 1. The zero-order chi connectivity index (χ0) is 13.9. The number of benzene rings is 1. The molecular weight excluding hydrogens is 242 g/mol. The molecule has 98 valence electrons. The van der Waals surface area contributed by atoms with Gasteiger partial charge >= 0.3 is 11.9 Å². The minimum Gasteiger partial charge on any atom is -0.478 e. The lowest BCUT2D eigenvalue weighted by Crippen LogP contribution is -2.29. The summed E-state index contributed by atoms with van der Waals surface area (Å²) in [4.78, 5) is 21.9. The van der Waals surface area contributed by atoms with E-state index in [9.17, 15) is 19.8 Å². The quantitative estimate of drug-likeness (QED) is 0.422. The third-order valence-electron chi connectivity index (χ3n) is 2.43. The number of nitrogens with two attached hydrogens (primary N) is 1.